The number of nitrogens with zero attached hydrogens (tertiary/aromatic N) is 4. The molecule has 19 heavy (non-hydrogen) atoms. The molecule has 1 aliphatic heterocycles. The first-order valence-electron chi connectivity index (χ1n) is 7.81. The van der Waals surface area contributed by atoms with Gasteiger partial charge in [0.1, 0.15) is 0 Å². The van der Waals surface area contributed by atoms with Gasteiger partial charge in [0, 0.05) is 13.1 Å². The average Bonchev–Trinajstić information content (AvgIpc) is 2.66. The summed E-state index contributed by atoms with van der Waals surface area (Å²) in [5, 5.41) is 4.71. The Bertz CT molecular complexity index is 400. The van der Waals surface area contributed by atoms with Gasteiger partial charge >= 0.3 is 0 Å². The van der Waals surface area contributed by atoms with Crippen molar-refractivity contribution < 1.29 is 0 Å². The Morgan fingerprint density at radius 1 is 0.895 bits per heavy atom. The molecule has 2 heterocycles. The standard InChI is InChI=1S/C14H25N5/c15-13-16-14(18-10-6-3-7-11-18)17-19(13)12-8-4-1-2-5-9-12/h12H,1-11H2,(H2,15,16,17). The highest BCUT2D eigenvalue weighted by Gasteiger charge is 2.22. The Kier molecular flexibility index (Phi) is 3.89. The van der Waals surface area contributed by atoms with E-state index in [1.807, 2.05) is 4.68 Å². The van der Waals surface area contributed by atoms with E-state index < -0.39 is 0 Å². The molecule has 1 saturated heterocycles. The van der Waals surface area contributed by atoms with E-state index in [-0.39, 0.29) is 0 Å². The fourth-order valence-electron chi connectivity index (χ4n) is 3.32. The third-order valence-electron chi connectivity index (χ3n) is 4.46. The van der Waals surface area contributed by atoms with Crippen molar-refractivity contribution in [3.05, 3.63) is 0 Å². The van der Waals surface area contributed by atoms with Gasteiger partial charge in [0.05, 0.1) is 6.04 Å². The van der Waals surface area contributed by atoms with Crippen LogP contribution in [0.1, 0.15) is 63.8 Å². The molecular formula is C14H25N5. The van der Waals surface area contributed by atoms with Gasteiger partial charge in [-0.2, -0.15) is 4.98 Å². The van der Waals surface area contributed by atoms with Crippen LogP contribution in [0.5, 0.6) is 0 Å². The number of piperidine rings is 1. The van der Waals surface area contributed by atoms with Crippen molar-refractivity contribution in [2.75, 3.05) is 23.7 Å². The highest BCUT2D eigenvalue weighted by atomic mass is 15.5. The molecule has 1 saturated carbocycles. The molecule has 2 fully saturated rings. The van der Waals surface area contributed by atoms with E-state index in [2.05, 4.69) is 9.88 Å². The number of nitrogen functional groups attached to an aromatic ring is 1. The zero-order valence-electron chi connectivity index (χ0n) is 11.7. The molecular weight excluding hydrogens is 238 g/mol. The normalized spacial score (nSPS) is 22.4. The van der Waals surface area contributed by atoms with Crippen molar-refractivity contribution in [2.24, 2.45) is 0 Å². The Labute approximate surface area is 115 Å². The largest absolute Gasteiger partial charge is 0.368 e. The van der Waals surface area contributed by atoms with Gasteiger partial charge in [-0.25, -0.2) is 4.68 Å². The van der Waals surface area contributed by atoms with Crippen LogP contribution in [0, 0.1) is 0 Å². The summed E-state index contributed by atoms with van der Waals surface area (Å²) in [4.78, 5) is 6.78. The minimum Gasteiger partial charge on any atom is -0.368 e. The highest BCUT2D eigenvalue weighted by molar-refractivity contribution is 5.35. The average molecular weight is 263 g/mol. The fraction of sp³-hybridized carbons (Fsp3) is 0.857. The van der Waals surface area contributed by atoms with Crippen LogP contribution in [0.15, 0.2) is 0 Å². The molecule has 5 heteroatoms. The fourth-order valence-corrected chi connectivity index (χ4v) is 3.32. The van der Waals surface area contributed by atoms with E-state index >= 15 is 0 Å². The molecule has 0 aromatic carbocycles. The lowest BCUT2D eigenvalue weighted by Crippen LogP contribution is -2.30. The zero-order valence-corrected chi connectivity index (χ0v) is 11.7. The molecule has 0 radical (unpaired) electrons. The van der Waals surface area contributed by atoms with Crippen LogP contribution in [0.3, 0.4) is 0 Å². The van der Waals surface area contributed by atoms with Crippen LogP contribution in [-0.2, 0) is 0 Å². The SMILES string of the molecule is Nc1nc(N2CCCCC2)nn1C1CCCCCC1. The molecule has 1 aromatic heterocycles. The van der Waals surface area contributed by atoms with Crippen molar-refractivity contribution in [3.8, 4) is 0 Å². The van der Waals surface area contributed by atoms with E-state index in [4.69, 9.17) is 10.8 Å². The van der Waals surface area contributed by atoms with Crippen LogP contribution in [0.4, 0.5) is 11.9 Å². The Morgan fingerprint density at radius 2 is 1.53 bits per heavy atom. The van der Waals surface area contributed by atoms with Crippen molar-refractivity contribution in [1.82, 2.24) is 14.8 Å². The molecule has 0 unspecified atom stereocenters. The Hall–Kier alpha value is -1.26. The maximum absolute atomic E-state index is 6.09. The summed E-state index contributed by atoms with van der Waals surface area (Å²) in [6, 6.07) is 0.466. The summed E-state index contributed by atoms with van der Waals surface area (Å²) in [5.74, 6) is 1.45. The molecule has 106 valence electrons. The monoisotopic (exact) mass is 263 g/mol. The van der Waals surface area contributed by atoms with Gasteiger partial charge in [-0.1, -0.05) is 25.7 Å². The van der Waals surface area contributed by atoms with Gasteiger partial charge in [-0.15, -0.1) is 5.10 Å². The van der Waals surface area contributed by atoms with Gasteiger partial charge in [0.25, 0.3) is 0 Å². The zero-order chi connectivity index (χ0) is 13.1. The molecule has 5 nitrogen and oxygen atoms in total. The summed E-state index contributed by atoms with van der Waals surface area (Å²) in [6.45, 7) is 2.16. The number of rotatable bonds is 2. The number of anilines is 2. The number of aromatic nitrogens is 3. The lowest BCUT2D eigenvalue weighted by Gasteiger charge is -2.25. The van der Waals surface area contributed by atoms with Crippen LogP contribution in [0.25, 0.3) is 0 Å². The number of hydrogen-bond donors (Lipinski definition) is 1. The van der Waals surface area contributed by atoms with Crippen LogP contribution < -0.4 is 10.6 Å². The van der Waals surface area contributed by atoms with Gasteiger partial charge in [-0.3, -0.25) is 0 Å². The minimum atomic E-state index is 0.466. The molecule has 0 spiro atoms. The molecule has 3 rings (SSSR count). The topological polar surface area (TPSA) is 60.0 Å². The second kappa shape index (κ2) is 5.80. The van der Waals surface area contributed by atoms with E-state index in [1.165, 1.54) is 57.8 Å². The van der Waals surface area contributed by atoms with E-state index in [0.29, 0.717) is 12.0 Å². The summed E-state index contributed by atoms with van der Waals surface area (Å²) < 4.78 is 2.00. The third kappa shape index (κ3) is 2.85. The van der Waals surface area contributed by atoms with Crippen molar-refractivity contribution >= 4 is 11.9 Å². The maximum Gasteiger partial charge on any atom is 0.246 e. The van der Waals surface area contributed by atoms with E-state index in [1.54, 1.807) is 0 Å². The summed E-state index contributed by atoms with van der Waals surface area (Å²) in [7, 11) is 0. The van der Waals surface area contributed by atoms with Crippen LogP contribution in [-0.4, -0.2) is 27.9 Å². The molecule has 1 aliphatic carbocycles. The highest BCUT2D eigenvalue weighted by Crippen LogP contribution is 2.29. The first-order valence-corrected chi connectivity index (χ1v) is 7.81. The van der Waals surface area contributed by atoms with E-state index in [9.17, 15) is 0 Å². The second-order valence-corrected chi connectivity index (χ2v) is 5.91. The summed E-state index contributed by atoms with van der Waals surface area (Å²) >= 11 is 0. The van der Waals surface area contributed by atoms with Crippen LogP contribution >= 0.6 is 0 Å². The summed E-state index contributed by atoms with van der Waals surface area (Å²) in [6.07, 6.45) is 11.5. The predicted octanol–water partition coefficient (Wildman–Crippen LogP) is 2.75. The first-order chi connectivity index (χ1) is 9.34. The Morgan fingerprint density at radius 3 is 2.21 bits per heavy atom. The molecule has 0 amide bonds. The quantitative estimate of drug-likeness (QED) is 0.833. The van der Waals surface area contributed by atoms with Gasteiger partial charge < -0.3 is 10.6 Å². The maximum atomic E-state index is 6.09. The predicted molar refractivity (Wildman–Crippen MR) is 77.2 cm³/mol. The Balaban J connectivity index is 1.75. The number of nitrogens with two attached hydrogens (primary N) is 1. The lowest BCUT2D eigenvalue weighted by molar-refractivity contribution is 0.409. The first kappa shape index (κ1) is 12.8. The third-order valence-corrected chi connectivity index (χ3v) is 4.46. The molecule has 0 bridgehead atoms. The van der Waals surface area contributed by atoms with Crippen molar-refractivity contribution in [2.45, 2.75) is 63.8 Å². The second-order valence-electron chi connectivity index (χ2n) is 5.91. The smallest absolute Gasteiger partial charge is 0.246 e. The molecule has 0 atom stereocenters. The van der Waals surface area contributed by atoms with Crippen molar-refractivity contribution in [3.63, 3.8) is 0 Å². The minimum absolute atomic E-state index is 0.466. The molecule has 1 aromatic rings. The van der Waals surface area contributed by atoms with Crippen LogP contribution in [0.2, 0.25) is 0 Å². The lowest BCUT2D eigenvalue weighted by atomic mass is 10.1. The summed E-state index contributed by atoms with van der Waals surface area (Å²) in [5.41, 5.74) is 6.09. The number of hydrogen-bond acceptors (Lipinski definition) is 4. The molecule has 2 aliphatic rings. The van der Waals surface area contributed by atoms with Gasteiger partial charge in [-0.05, 0) is 32.1 Å². The van der Waals surface area contributed by atoms with E-state index in [0.717, 1.165) is 19.0 Å². The van der Waals surface area contributed by atoms with Crippen molar-refractivity contribution in [1.29, 1.82) is 0 Å². The van der Waals surface area contributed by atoms with Gasteiger partial charge in [0.2, 0.25) is 11.9 Å². The van der Waals surface area contributed by atoms with Gasteiger partial charge in [0.15, 0.2) is 0 Å². The molecule has 2 N–H and O–H groups in total.